The number of carboxylic acid groups (broad SMARTS) is 1. The Morgan fingerprint density at radius 3 is 2.53 bits per heavy atom. The number of furan rings is 1. The molecule has 0 radical (unpaired) electrons. The number of hydrogen-bond donors (Lipinski definition) is 2. The Bertz CT molecular complexity index is 461. The van der Waals surface area contributed by atoms with Crippen molar-refractivity contribution in [3.05, 3.63) is 22.6 Å². The number of aliphatic carboxylic acids is 1. The van der Waals surface area contributed by atoms with Crippen LogP contribution in [0, 0.1) is 5.41 Å². The summed E-state index contributed by atoms with van der Waals surface area (Å²) in [6.07, 6.45) is 1.88. The number of carbonyl (C=O) groups is 2. The number of hydrogen-bond acceptors (Lipinski definition) is 3. The molecule has 0 fully saturated rings. The van der Waals surface area contributed by atoms with Crippen LogP contribution >= 0.6 is 15.9 Å². The smallest absolute Gasteiger partial charge is 0.305 e. The van der Waals surface area contributed by atoms with Crippen LogP contribution in [-0.4, -0.2) is 23.0 Å². The summed E-state index contributed by atoms with van der Waals surface area (Å²) in [5, 5.41) is 11.6. The average Bonchev–Trinajstić information content (AvgIpc) is 2.60. The van der Waals surface area contributed by atoms with Crippen molar-refractivity contribution in [2.75, 3.05) is 0 Å². The summed E-state index contributed by atoms with van der Waals surface area (Å²) in [5.41, 5.74) is 0.297. The lowest BCUT2D eigenvalue weighted by atomic mass is 9.87. The summed E-state index contributed by atoms with van der Waals surface area (Å²) in [6.45, 7) is 6.01. The molecule has 0 saturated heterocycles. The molecule has 0 bridgehead atoms. The number of nitrogens with one attached hydrogen (secondary N) is 1. The van der Waals surface area contributed by atoms with E-state index in [0.717, 1.165) is 0 Å². The van der Waals surface area contributed by atoms with Gasteiger partial charge in [0, 0.05) is 6.04 Å². The molecule has 6 heteroatoms. The van der Waals surface area contributed by atoms with Gasteiger partial charge in [-0.25, -0.2) is 0 Å². The van der Waals surface area contributed by atoms with Gasteiger partial charge in [-0.15, -0.1) is 0 Å². The molecule has 0 aliphatic rings. The van der Waals surface area contributed by atoms with Crippen molar-refractivity contribution in [3.8, 4) is 0 Å². The lowest BCUT2D eigenvalue weighted by Crippen LogP contribution is -2.39. The van der Waals surface area contributed by atoms with E-state index >= 15 is 0 Å². The van der Waals surface area contributed by atoms with Crippen molar-refractivity contribution in [1.82, 2.24) is 5.32 Å². The second kappa shape index (κ2) is 6.23. The topological polar surface area (TPSA) is 79.5 Å². The van der Waals surface area contributed by atoms with Gasteiger partial charge in [0.25, 0.3) is 5.91 Å². The van der Waals surface area contributed by atoms with E-state index in [1.54, 1.807) is 0 Å². The molecule has 0 spiro atoms. The Labute approximate surface area is 120 Å². The number of amides is 1. The third-order valence-corrected chi connectivity index (χ3v) is 3.09. The van der Waals surface area contributed by atoms with Gasteiger partial charge in [-0.3, -0.25) is 9.59 Å². The van der Waals surface area contributed by atoms with Crippen LogP contribution in [0.2, 0.25) is 0 Å². The molecule has 1 amide bonds. The quantitative estimate of drug-likeness (QED) is 0.868. The number of rotatable bonds is 5. The van der Waals surface area contributed by atoms with Crippen LogP contribution in [0.25, 0.3) is 0 Å². The maximum Gasteiger partial charge on any atom is 0.305 e. The van der Waals surface area contributed by atoms with Crippen molar-refractivity contribution in [2.24, 2.45) is 5.41 Å². The van der Waals surface area contributed by atoms with Crippen LogP contribution in [-0.2, 0) is 4.79 Å². The van der Waals surface area contributed by atoms with Crippen LogP contribution in [0.4, 0.5) is 0 Å². The van der Waals surface area contributed by atoms with E-state index in [4.69, 9.17) is 9.52 Å². The standard InChI is InChI=1S/C13H18BrNO4/c1-13(2,3)7-8(6-10(16)17)15-12(18)9-4-5-19-11(9)14/h4-5,8H,6-7H2,1-3H3,(H,15,18)(H,16,17). The summed E-state index contributed by atoms with van der Waals surface area (Å²) in [7, 11) is 0. The zero-order valence-electron chi connectivity index (χ0n) is 11.2. The number of halogens is 1. The monoisotopic (exact) mass is 331 g/mol. The second-order valence-electron chi connectivity index (χ2n) is 5.64. The third kappa shape index (κ3) is 5.46. The minimum Gasteiger partial charge on any atom is -0.481 e. The predicted molar refractivity (Wildman–Crippen MR) is 74.0 cm³/mol. The van der Waals surface area contributed by atoms with Crippen LogP contribution < -0.4 is 5.32 Å². The number of carbonyl (C=O) groups excluding carboxylic acids is 1. The Morgan fingerprint density at radius 1 is 1.47 bits per heavy atom. The second-order valence-corrected chi connectivity index (χ2v) is 6.36. The van der Waals surface area contributed by atoms with Crippen LogP contribution in [0.15, 0.2) is 21.4 Å². The summed E-state index contributed by atoms with van der Waals surface area (Å²) < 4.78 is 5.33. The molecule has 5 nitrogen and oxygen atoms in total. The lowest BCUT2D eigenvalue weighted by molar-refractivity contribution is -0.137. The molecule has 1 rings (SSSR count). The van der Waals surface area contributed by atoms with Gasteiger partial charge >= 0.3 is 5.97 Å². The Hall–Kier alpha value is -1.30. The molecule has 0 aliphatic carbocycles. The zero-order chi connectivity index (χ0) is 14.6. The van der Waals surface area contributed by atoms with E-state index in [9.17, 15) is 9.59 Å². The summed E-state index contributed by atoms with van der Waals surface area (Å²) in [4.78, 5) is 22.9. The normalized spacial score (nSPS) is 13.1. The Balaban J connectivity index is 2.74. The fourth-order valence-corrected chi connectivity index (χ4v) is 2.26. The first-order chi connectivity index (χ1) is 8.69. The highest BCUT2D eigenvalue weighted by atomic mass is 79.9. The zero-order valence-corrected chi connectivity index (χ0v) is 12.8. The molecule has 1 unspecified atom stereocenters. The largest absolute Gasteiger partial charge is 0.481 e. The van der Waals surface area contributed by atoms with Crippen molar-refractivity contribution < 1.29 is 19.1 Å². The van der Waals surface area contributed by atoms with Gasteiger partial charge in [0.15, 0.2) is 4.67 Å². The average molecular weight is 332 g/mol. The fourth-order valence-electron chi connectivity index (χ4n) is 1.84. The van der Waals surface area contributed by atoms with Gasteiger partial charge in [-0.1, -0.05) is 20.8 Å². The number of carboxylic acids is 1. The first-order valence-electron chi connectivity index (χ1n) is 5.94. The van der Waals surface area contributed by atoms with E-state index in [0.29, 0.717) is 16.7 Å². The van der Waals surface area contributed by atoms with Crippen LogP contribution in [0.3, 0.4) is 0 Å². The molecule has 0 saturated carbocycles. The summed E-state index contributed by atoms with van der Waals surface area (Å²) in [6, 6.07) is 1.13. The molecular weight excluding hydrogens is 314 g/mol. The molecular formula is C13H18BrNO4. The van der Waals surface area contributed by atoms with Gasteiger partial charge in [0.2, 0.25) is 0 Å². The van der Waals surface area contributed by atoms with Crippen LogP contribution in [0.5, 0.6) is 0 Å². The first kappa shape index (κ1) is 15.8. The van der Waals surface area contributed by atoms with E-state index in [-0.39, 0.29) is 17.7 Å². The molecule has 2 N–H and O–H groups in total. The van der Waals surface area contributed by atoms with E-state index in [2.05, 4.69) is 21.2 Å². The third-order valence-electron chi connectivity index (χ3n) is 2.48. The first-order valence-corrected chi connectivity index (χ1v) is 6.74. The highest BCUT2D eigenvalue weighted by molar-refractivity contribution is 9.10. The SMILES string of the molecule is CC(C)(C)CC(CC(=O)O)NC(=O)c1ccoc1Br. The molecule has 1 aromatic rings. The van der Waals surface area contributed by atoms with E-state index in [1.807, 2.05) is 20.8 Å². The van der Waals surface area contributed by atoms with Gasteiger partial charge in [-0.2, -0.15) is 0 Å². The van der Waals surface area contributed by atoms with Crippen molar-refractivity contribution in [1.29, 1.82) is 0 Å². The van der Waals surface area contributed by atoms with Crippen molar-refractivity contribution >= 4 is 27.8 Å². The van der Waals surface area contributed by atoms with E-state index < -0.39 is 12.0 Å². The molecule has 1 heterocycles. The molecule has 1 atom stereocenters. The van der Waals surface area contributed by atoms with Crippen LogP contribution in [0.1, 0.15) is 44.0 Å². The molecule has 0 aromatic carbocycles. The summed E-state index contributed by atoms with van der Waals surface area (Å²) >= 11 is 3.13. The molecule has 1 aromatic heterocycles. The van der Waals surface area contributed by atoms with Gasteiger partial charge in [0.05, 0.1) is 18.2 Å². The Kier molecular flexibility index (Phi) is 5.17. The fraction of sp³-hybridized carbons (Fsp3) is 0.538. The lowest BCUT2D eigenvalue weighted by Gasteiger charge is -2.25. The van der Waals surface area contributed by atoms with E-state index in [1.165, 1.54) is 12.3 Å². The predicted octanol–water partition coefficient (Wildman–Crippen LogP) is 3.05. The molecule has 19 heavy (non-hydrogen) atoms. The minimum absolute atomic E-state index is 0.0684. The van der Waals surface area contributed by atoms with Gasteiger partial charge in [-0.05, 0) is 33.8 Å². The minimum atomic E-state index is -0.930. The summed E-state index contributed by atoms with van der Waals surface area (Å²) in [5.74, 6) is -1.27. The molecule has 0 aliphatic heterocycles. The highest BCUT2D eigenvalue weighted by Crippen LogP contribution is 2.23. The van der Waals surface area contributed by atoms with Crippen molar-refractivity contribution in [2.45, 2.75) is 39.7 Å². The van der Waals surface area contributed by atoms with Gasteiger partial charge in [0.1, 0.15) is 0 Å². The van der Waals surface area contributed by atoms with Gasteiger partial charge < -0.3 is 14.8 Å². The molecule has 106 valence electrons. The Morgan fingerprint density at radius 2 is 2.11 bits per heavy atom. The maximum atomic E-state index is 12.0. The van der Waals surface area contributed by atoms with Crippen molar-refractivity contribution in [3.63, 3.8) is 0 Å². The maximum absolute atomic E-state index is 12.0. The highest BCUT2D eigenvalue weighted by Gasteiger charge is 2.24.